The zero-order chi connectivity index (χ0) is 14.4. The van der Waals surface area contributed by atoms with E-state index in [1.165, 1.54) is 0 Å². The molecule has 0 radical (unpaired) electrons. The maximum atomic E-state index is 11.4. The lowest BCUT2D eigenvalue weighted by atomic mass is 10.3. The Morgan fingerprint density at radius 1 is 0.778 bits per heavy atom. The average Bonchev–Trinajstić information content (AvgIpc) is 2.06. The second kappa shape index (κ2) is 6.89. The summed E-state index contributed by atoms with van der Waals surface area (Å²) in [4.78, 5) is 22.8. The third kappa shape index (κ3) is 11.6. The van der Waals surface area contributed by atoms with Gasteiger partial charge in [0, 0.05) is 0 Å². The van der Waals surface area contributed by atoms with Gasteiger partial charge in [-0.05, 0) is 39.3 Å². The lowest BCUT2D eigenvalue weighted by molar-refractivity contribution is -0.135. The molecule has 0 unspecified atom stereocenters. The Morgan fingerprint density at radius 2 is 1.06 bits per heavy atom. The van der Waals surface area contributed by atoms with Crippen molar-refractivity contribution in [3.05, 3.63) is 12.2 Å². The van der Waals surface area contributed by atoms with Crippen LogP contribution in [0.1, 0.15) is 12.8 Å². The topological polar surface area (TPSA) is 52.6 Å². The maximum absolute atomic E-state index is 11.4. The van der Waals surface area contributed by atoms with Crippen molar-refractivity contribution in [2.45, 2.75) is 52.1 Å². The molecule has 0 heterocycles. The molecule has 0 spiro atoms. The van der Waals surface area contributed by atoms with Gasteiger partial charge in [-0.3, -0.25) is 9.59 Å². The fourth-order valence-corrected chi connectivity index (χ4v) is 2.66. The van der Waals surface area contributed by atoms with Crippen LogP contribution in [0.5, 0.6) is 0 Å². The molecule has 0 fully saturated rings. The average molecular weight is 288 g/mol. The van der Waals surface area contributed by atoms with E-state index in [9.17, 15) is 9.59 Å². The van der Waals surface area contributed by atoms with Crippen molar-refractivity contribution in [2.75, 3.05) is 0 Å². The van der Waals surface area contributed by atoms with E-state index in [1.807, 2.05) is 39.3 Å². The van der Waals surface area contributed by atoms with Crippen molar-refractivity contribution in [3.8, 4) is 0 Å². The van der Waals surface area contributed by atoms with Crippen LogP contribution in [0.15, 0.2) is 12.2 Å². The highest BCUT2D eigenvalue weighted by molar-refractivity contribution is 6.71. The van der Waals surface area contributed by atoms with Gasteiger partial charge >= 0.3 is 0 Å². The number of hydrogen-bond acceptors (Lipinski definition) is 4. The first kappa shape index (κ1) is 17.1. The van der Waals surface area contributed by atoms with Crippen LogP contribution in [0.4, 0.5) is 0 Å². The molecular formula is C12H24O4Si2. The van der Waals surface area contributed by atoms with Crippen LogP contribution in [-0.2, 0) is 18.4 Å². The van der Waals surface area contributed by atoms with Crippen molar-refractivity contribution in [2.24, 2.45) is 0 Å². The van der Waals surface area contributed by atoms with Crippen molar-refractivity contribution in [3.63, 3.8) is 0 Å². The second-order valence-corrected chi connectivity index (χ2v) is 14.9. The first-order valence-corrected chi connectivity index (χ1v) is 12.9. The summed E-state index contributed by atoms with van der Waals surface area (Å²) in [5.74, 6) is -0.465. The summed E-state index contributed by atoms with van der Waals surface area (Å²) in [5, 5.41) is 0. The molecule has 18 heavy (non-hydrogen) atoms. The minimum Gasteiger partial charge on any atom is -0.520 e. The molecule has 0 atom stereocenters. The first-order chi connectivity index (χ1) is 7.99. The summed E-state index contributed by atoms with van der Waals surface area (Å²) in [6.45, 7) is 11.7. The molecule has 0 aromatic rings. The van der Waals surface area contributed by atoms with Gasteiger partial charge in [-0.25, -0.2) is 0 Å². The molecule has 0 saturated heterocycles. The van der Waals surface area contributed by atoms with Gasteiger partial charge in [-0.15, -0.1) is 0 Å². The fourth-order valence-electron chi connectivity index (χ4n) is 1.13. The van der Waals surface area contributed by atoms with Gasteiger partial charge in [0.2, 0.25) is 16.6 Å². The Bertz CT molecular complexity index is 292. The largest absolute Gasteiger partial charge is 0.520 e. The van der Waals surface area contributed by atoms with Crippen LogP contribution in [0, 0.1) is 0 Å². The molecule has 0 N–H and O–H groups in total. The van der Waals surface area contributed by atoms with E-state index in [0.717, 1.165) is 0 Å². The van der Waals surface area contributed by atoms with E-state index in [4.69, 9.17) is 8.85 Å². The Balaban J connectivity index is 3.92. The van der Waals surface area contributed by atoms with Gasteiger partial charge in [-0.2, -0.15) is 0 Å². The summed E-state index contributed by atoms with van der Waals surface area (Å²) < 4.78 is 10.5. The minimum atomic E-state index is -1.80. The van der Waals surface area contributed by atoms with Crippen molar-refractivity contribution < 1.29 is 18.4 Å². The maximum Gasteiger partial charge on any atom is 0.296 e. The minimum absolute atomic E-state index is 0.213. The van der Waals surface area contributed by atoms with E-state index < -0.39 is 16.6 Å². The summed E-state index contributed by atoms with van der Waals surface area (Å²) in [7, 11) is -3.61. The molecular weight excluding hydrogens is 264 g/mol. The molecule has 0 aromatic heterocycles. The van der Waals surface area contributed by atoms with Gasteiger partial charge in [0.25, 0.3) is 11.9 Å². The predicted octanol–water partition coefficient (Wildman–Crippen LogP) is 3.08. The van der Waals surface area contributed by atoms with Crippen LogP contribution >= 0.6 is 0 Å². The lowest BCUT2D eigenvalue weighted by Crippen LogP contribution is -2.29. The monoisotopic (exact) mass is 288 g/mol. The van der Waals surface area contributed by atoms with E-state index in [1.54, 1.807) is 12.2 Å². The quantitative estimate of drug-likeness (QED) is 0.557. The van der Waals surface area contributed by atoms with Gasteiger partial charge in [0.15, 0.2) is 0 Å². The Labute approximate surface area is 112 Å². The smallest absolute Gasteiger partial charge is 0.296 e. The van der Waals surface area contributed by atoms with Gasteiger partial charge in [0.05, 0.1) is 12.8 Å². The third-order valence-electron chi connectivity index (χ3n) is 1.58. The van der Waals surface area contributed by atoms with Crippen molar-refractivity contribution >= 4 is 28.6 Å². The van der Waals surface area contributed by atoms with Gasteiger partial charge in [-0.1, -0.05) is 12.2 Å². The van der Waals surface area contributed by atoms with E-state index in [0.29, 0.717) is 0 Å². The molecule has 0 amide bonds. The Morgan fingerprint density at radius 3 is 1.28 bits per heavy atom. The third-order valence-corrected chi connectivity index (χ3v) is 3.26. The highest BCUT2D eigenvalue weighted by Gasteiger charge is 2.19. The number of rotatable bonds is 6. The van der Waals surface area contributed by atoms with Crippen LogP contribution < -0.4 is 0 Å². The summed E-state index contributed by atoms with van der Waals surface area (Å²) in [6.07, 6.45) is 3.75. The standard InChI is InChI=1S/C12H24O4Si2/c1-17(2,3)15-11(13)9-7-8-10-12(14)16-18(4,5)6/h7-8H,9-10H2,1-6H3/b8-7-. The van der Waals surface area contributed by atoms with Gasteiger partial charge in [0.1, 0.15) is 0 Å². The van der Waals surface area contributed by atoms with Crippen molar-refractivity contribution in [1.82, 2.24) is 0 Å². The normalized spacial score (nSPS) is 12.6. The molecule has 0 aliphatic rings. The van der Waals surface area contributed by atoms with Gasteiger partial charge < -0.3 is 8.85 Å². The predicted molar refractivity (Wildman–Crippen MR) is 77.3 cm³/mol. The molecule has 0 bridgehead atoms. The van der Waals surface area contributed by atoms with Crippen LogP contribution in [0.25, 0.3) is 0 Å². The molecule has 0 rings (SSSR count). The zero-order valence-electron chi connectivity index (χ0n) is 12.2. The van der Waals surface area contributed by atoms with E-state index in [-0.39, 0.29) is 24.8 Å². The van der Waals surface area contributed by atoms with Crippen LogP contribution in [0.3, 0.4) is 0 Å². The van der Waals surface area contributed by atoms with Crippen LogP contribution in [-0.4, -0.2) is 28.6 Å². The van der Waals surface area contributed by atoms with E-state index in [2.05, 4.69) is 0 Å². The molecule has 0 aliphatic carbocycles. The van der Waals surface area contributed by atoms with Crippen molar-refractivity contribution in [1.29, 1.82) is 0 Å². The summed E-state index contributed by atoms with van der Waals surface area (Å²) in [6, 6.07) is 0. The molecule has 104 valence electrons. The number of hydrogen-bond donors (Lipinski definition) is 0. The van der Waals surface area contributed by atoms with Crippen LogP contribution in [0.2, 0.25) is 39.3 Å². The molecule has 4 nitrogen and oxygen atoms in total. The fraction of sp³-hybridized carbons (Fsp3) is 0.667. The Hall–Kier alpha value is -0.886. The second-order valence-electron chi connectivity index (χ2n) is 6.05. The molecule has 0 saturated carbocycles. The molecule has 0 aromatic carbocycles. The lowest BCUT2D eigenvalue weighted by Gasteiger charge is -2.17. The molecule has 6 heteroatoms. The zero-order valence-corrected chi connectivity index (χ0v) is 14.2. The van der Waals surface area contributed by atoms with E-state index >= 15 is 0 Å². The summed E-state index contributed by atoms with van der Waals surface area (Å²) >= 11 is 0. The first-order valence-electron chi connectivity index (χ1n) is 6.08. The highest BCUT2D eigenvalue weighted by Crippen LogP contribution is 2.06. The number of carbonyl (C=O) groups is 2. The summed E-state index contributed by atoms with van der Waals surface area (Å²) in [5.41, 5.74) is 0. The highest BCUT2D eigenvalue weighted by atomic mass is 28.4. The number of carbonyl (C=O) groups excluding carboxylic acids is 2. The Kier molecular flexibility index (Phi) is 6.55. The molecule has 0 aliphatic heterocycles. The SMILES string of the molecule is C[Si](C)(C)OC(=O)C/C=C\CC(=O)O[Si](C)(C)C.